The Bertz CT molecular complexity index is 2530. The Labute approximate surface area is 299 Å². The van der Waals surface area contributed by atoms with Gasteiger partial charge in [0.15, 0.2) is 0 Å². The summed E-state index contributed by atoms with van der Waals surface area (Å²) >= 11 is 0. The molecule has 0 spiro atoms. The van der Waals surface area contributed by atoms with Crippen LogP contribution in [0.2, 0.25) is 0 Å². The predicted molar refractivity (Wildman–Crippen MR) is 212 cm³/mol. The van der Waals surface area contributed by atoms with E-state index < -0.39 is 5.41 Å². The Morgan fingerprint density at radius 1 is 0.373 bits per heavy atom. The van der Waals surface area contributed by atoms with Crippen molar-refractivity contribution in [1.82, 2.24) is 0 Å². The van der Waals surface area contributed by atoms with Crippen LogP contribution >= 0.6 is 0 Å². The number of anilines is 3. The average molecular weight is 650 g/mol. The van der Waals surface area contributed by atoms with Crippen LogP contribution in [0.5, 0.6) is 0 Å². The third-order valence-corrected chi connectivity index (χ3v) is 11.0. The lowest BCUT2D eigenvalue weighted by Gasteiger charge is -2.34. The number of hydrogen-bond acceptors (Lipinski definition) is 1. The van der Waals surface area contributed by atoms with Gasteiger partial charge in [0.2, 0.25) is 0 Å². The summed E-state index contributed by atoms with van der Waals surface area (Å²) in [5.74, 6) is 0. The fraction of sp³-hybridized carbons (Fsp3) is 0.0400. The van der Waals surface area contributed by atoms with Crippen LogP contribution in [-0.4, -0.2) is 0 Å². The van der Waals surface area contributed by atoms with Crippen LogP contribution in [0.4, 0.5) is 17.1 Å². The molecule has 1 unspecified atom stereocenters. The number of benzene rings is 8. The Morgan fingerprint density at radius 2 is 0.961 bits per heavy atom. The summed E-state index contributed by atoms with van der Waals surface area (Å²) in [6.07, 6.45) is 0.952. The van der Waals surface area contributed by atoms with Crippen molar-refractivity contribution in [2.24, 2.45) is 0 Å². The van der Waals surface area contributed by atoms with Crippen LogP contribution in [-0.2, 0) is 11.8 Å². The van der Waals surface area contributed by atoms with E-state index in [4.69, 9.17) is 0 Å². The molecule has 2 aliphatic carbocycles. The molecule has 0 aliphatic heterocycles. The first kappa shape index (κ1) is 29.5. The number of fused-ring (bicyclic) bond motifs is 6. The molecule has 1 heteroatoms. The normalized spacial score (nSPS) is 15.1. The van der Waals surface area contributed by atoms with E-state index in [1.165, 1.54) is 78.1 Å². The highest BCUT2D eigenvalue weighted by Crippen LogP contribution is 2.59. The van der Waals surface area contributed by atoms with Gasteiger partial charge in [-0.25, -0.2) is 0 Å². The van der Waals surface area contributed by atoms with E-state index >= 15 is 0 Å². The van der Waals surface area contributed by atoms with Crippen molar-refractivity contribution in [3.05, 3.63) is 234 Å². The lowest BCUT2D eigenvalue weighted by molar-refractivity contribution is 0.768. The highest BCUT2D eigenvalue weighted by Gasteiger charge is 2.47. The Hall–Kier alpha value is -6.44. The third-order valence-electron chi connectivity index (χ3n) is 11.0. The van der Waals surface area contributed by atoms with Crippen LogP contribution < -0.4 is 4.90 Å². The van der Waals surface area contributed by atoms with Crippen LogP contribution in [0, 0.1) is 0 Å². The molecule has 0 amide bonds. The third kappa shape index (κ3) is 4.55. The van der Waals surface area contributed by atoms with E-state index in [-0.39, 0.29) is 0 Å². The number of para-hydroxylation sites is 1. The molecule has 0 radical (unpaired) electrons. The summed E-state index contributed by atoms with van der Waals surface area (Å²) in [6.45, 7) is 0. The van der Waals surface area contributed by atoms with Gasteiger partial charge in [0.1, 0.15) is 0 Å². The molecular formula is C50H35N. The first-order valence-electron chi connectivity index (χ1n) is 17.8. The van der Waals surface area contributed by atoms with Gasteiger partial charge in [-0.05, 0) is 98.0 Å². The molecule has 1 atom stereocenters. The van der Waals surface area contributed by atoms with Crippen molar-refractivity contribution in [1.29, 1.82) is 0 Å². The minimum Gasteiger partial charge on any atom is -0.310 e. The molecule has 51 heavy (non-hydrogen) atoms. The quantitative estimate of drug-likeness (QED) is 0.173. The second kappa shape index (κ2) is 11.9. The summed E-state index contributed by atoms with van der Waals surface area (Å²) < 4.78 is 0. The topological polar surface area (TPSA) is 3.24 Å². The van der Waals surface area contributed by atoms with E-state index in [2.05, 4.69) is 205 Å². The Balaban J connectivity index is 1.22. The van der Waals surface area contributed by atoms with E-state index in [9.17, 15) is 0 Å². The standard InChI is InChI=1S/C50H35N/c1-4-15-35(16-5-1)36-27-29-40(30-28-36)50(39-18-6-2-7-19-39)46-24-13-12-23-45(46)49-47(50)25-14-26-48(49)51(41-20-8-3-9-21-41)42-31-32-44-38(34-42)33-37-17-10-11-22-43(37)44/h1-32,34H,33H2. The second-order valence-electron chi connectivity index (χ2n) is 13.7. The molecule has 0 saturated heterocycles. The van der Waals surface area contributed by atoms with Crippen LogP contribution in [0.25, 0.3) is 33.4 Å². The summed E-state index contributed by atoms with van der Waals surface area (Å²) in [6, 6.07) is 73.7. The van der Waals surface area contributed by atoms with Gasteiger partial charge in [-0.3, -0.25) is 0 Å². The summed E-state index contributed by atoms with van der Waals surface area (Å²) in [4.78, 5) is 2.47. The molecule has 0 saturated carbocycles. The zero-order valence-electron chi connectivity index (χ0n) is 28.2. The molecule has 10 rings (SSSR count). The average Bonchev–Trinajstić information content (AvgIpc) is 3.73. The molecule has 240 valence electrons. The first-order chi connectivity index (χ1) is 25.3. The lowest BCUT2D eigenvalue weighted by Crippen LogP contribution is -2.28. The summed E-state index contributed by atoms with van der Waals surface area (Å²) in [5, 5.41) is 0. The summed E-state index contributed by atoms with van der Waals surface area (Å²) in [7, 11) is 0. The maximum Gasteiger partial charge on any atom is 0.0714 e. The van der Waals surface area contributed by atoms with Gasteiger partial charge >= 0.3 is 0 Å². The molecule has 0 aromatic heterocycles. The molecule has 8 aromatic rings. The van der Waals surface area contributed by atoms with Crippen molar-refractivity contribution in [2.45, 2.75) is 11.8 Å². The van der Waals surface area contributed by atoms with E-state index in [1.807, 2.05) is 0 Å². The Morgan fingerprint density at radius 3 is 1.75 bits per heavy atom. The fourth-order valence-corrected chi connectivity index (χ4v) is 8.79. The lowest BCUT2D eigenvalue weighted by atomic mass is 9.67. The van der Waals surface area contributed by atoms with Gasteiger partial charge in [0.05, 0.1) is 11.1 Å². The highest BCUT2D eigenvalue weighted by molar-refractivity contribution is 5.97. The molecule has 0 bridgehead atoms. The van der Waals surface area contributed by atoms with Crippen LogP contribution in [0.1, 0.15) is 33.4 Å². The van der Waals surface area contributed by atoms with Crippen molar-refractivity contribution in [3.8, 4) is 33.4 Å². The van der Waals surface area contributed by atoms with Crippen LogP contribution in [0.15, 0.2) is 200 Å². The zero-order chi connectivity index (χ0) is 33.8. The van der Waals surface area contributed by atoms with E-state index in [0.29, 0.717) is 0 Å². The number of nitrogens with zero attached hydrogens (tertiary/aromatic N) is 1. The molecule has 2 aliphatic rings. The van der Waals surface area contributed by atoms with Crippen LogP contribution in [0.3, 0.4) is 0 Å². The molecule has 0 N–H and O–H groups in total. The maximum atomic E-state index is 2.47. The van der Waals surface area contributed by atoms with Gasteiger partial charge in [0.25, 0.3) is 0 Å². The first-order valence-corrected chi connectivity index (χ1v) is 17.8. The maximum absolute atomic E-state index is 2.47. The smallest absolute Gasteiger partial charge is 0.0714 e. The monoisotopic (exact) mass is 649 g/mol. The van der Waals surface area contributed by atoms with Gasteiger partial charge in [-0.15, -0.1) is 0 Å². The highest BCUT2D eigenvalue weighted by atomic mass is 15.1. The minimum absolute atomic E-state index is 0.500. The minimum atomic E-state index is -0.500. The van der Waals surface area contributed by atoms with Gasteiger partial charge < -0.3 is 4.90 Å². The van der Waals surface area contributed by atoms with Gasteiger partial charge in [0, 0.05) is 16.9 Å². The molecule has 8 aromatic carbocycles. The fourth-order valence-electron chi connectivity index (χ4n) is 8.79. The van der Waals surface area contributed by atoms with E-state index in [0.717, 1.165) is 12.1 Å². The largest absolute Gasteiger partial charge is 0.310 e. The van der Waals surface area contributed by atoms with Crippen molar-refractivity contribution < 1.29 is 0 Å². The van der Waals surface area contributed by atoms with Gasteiger partial charge in [-0.1, -0.05) is 170 Å². The number of rotatable bonds is 6. The Kier molecular flexibility index (Phi) is 6.85. The van der Waals surface area contributed by atoms with E-state index in [1.54, 1.807) is 0 Å². The number of hydrogen-bond donors (Lipinski definition) is 0. The molecule has 0 heterocycles. The summed E-state index contributed by atoms with van der Waals surface area (Å²) in [5.41, 5.74) is 18.6. The van der Waals surface area contributed by atoms with Gasteiger partial charge in [-0.2, -0.15) is 0 Å². The zero-order valence-corrected chi connectivity index (χ0v) is 28.2. The second-order valence-corrected chi connectivity index (χ2v) is 13.7. The van der Waals surface area contributed by atoms with Crippen molar-refractivity contribution in [2.75, 3.05) is 4.90 Å². The SMILES string of the molecule is c1ccc(-c2ccc(C3(c4ccccc4)c4ccccc4-c4c(N(c5ccccc5)c5ccc6c(c5)Cc5ccccc5-6)cccc43)cc2)cc1. The predicted octanol–water partition coefficient (Wildman–Crippen LogP) is 12.8. The molecule has 0 fully saturated rings. The molecular weight excluding hydrogens is 615 g/mol. The van der Waals surface area contributed by atoms with Crippen molar-refractivity contribution >= 4 is 17.1 Å². The molecule has 1 nitrogen and oxygen atoms in total. The van der Waals surface area contributed by atoms with Crippen molar-refractivity contribution in [3.63, 3.8) is 0 Å².